The highest BCUT2D eigenvalue weighted by atomic mass is 16.5. The molecule has 0 atom stereocenters. The van der Waals surface area contributed by atoms with E-state index in [9.17, 15) is 4.79 Å². The second-order valence-corrected chi connectivity index (χ2v) is 4.06. The van der Waals surface area contributed by atoms with Crippen LogP contribution in [0.2, 0.25) is 0 Å². The molecular weight excluding hydrogens is 244 g/mol. The van der Waals surface area contributed by atoms with Gasteiger partial charge in [0.2, 0.25) is 0 Å². The molecule has 0 bridgehead atoms. The van der Waals surface area contributed by atoms with Crippen molar-refractivity contribution in [2.45, 2.75) is 13.0 Å². The number of carbonyl (C=O) groups is 1. The third kappa shape index (κ3) is 3.99. The fourth-order valence-electron chi connectivity index (χ4n) is 1.65. The van der Waals surface area contributed by atoms with Crippen molar-refractivity contribution < 1.29 is 14.6 Å². The number of benzene rings is 1. The second kappa shape index (κ2) is 5.86. The van der Waals surface area contributed by atoms with Crippen molar-refractivity contribution in [3.05, 3.63) is 53.7 Å². The number of carboxylic acid groups (broad SMARTS) is 1. The Bertz CT molecular complexity index is 570. The first-order chi connectivity index (χ1) is 9.13. The van der Waals surface area contributed by atoms with Crippen LogP contribution < -0.4 is 10.5 Å². The van der Waals surface area contributed by atoms with Crippen LogP contribution in [0.5, 0.6) is 5.75 Å². The Kier molecular flexibility index (Phi) is 3.97. The zero-order valence-electron chi connectivity index (χ0n) is 10.2. The quantitative estimate of drug-likeness (QED) is 0.855. The lowest BCUT2D eigenvalue weighted by atomic mass is 10.2. The summed E-state index contributed by atoms with van der Waals surface area (Å²) < 4.78 is 5.58. The van der Waals surface area contributed by atoms with Gasteiger partial charge < -0.3 is 15.6 Å². The predicted octanol–water partition coefficient (Wildman–Crippen LogP) is 1.87. The molecule has 0 aliphatic carbocycles. The summed E-state index contributed by atoms with van der Waals surface area (Å²) in [6.07, 6.45) is -0.174. The Hall–Kier alpha value is -2.56. The average molecular weight is 258 g/mol. The summed E-state index contributed by atoms with van der Waals surface area (Å²) in [5.74, 6) is -0.179. The van der Waals surface area contributed by atoms with Crippen LogP contribution in [0.3, 0.4) is 0 Å². The maximum absolute atomic E-state index is 10.6. The molecule has 0 saturated heterocycles. The lowest BCUT2D eigenvalue weighted by Crippen LogP contribution is -2.05. The second-order valence-electron chi connectivity index (χ2n) is 4.06. The molecule has 0 spiro atoms. The molecule has 5 nitrogen and oxygen atoms in total. The third-order valence-corrected chi connectivity index (χ3v) is 2.45. The highest BCUT2D eigenvalue weighted by Crippen LogP contribution is 2.17. The molecule has 0 radical (unpaired) electrons. The zero-order valence-corrected chi connectivity index (χ0v) is 10.2. The van der Waals surface area contributed by atoms with Crippen molar-refractivity contribution >= 4 is 11.8 Å². The monoisotopic (exact) mass is 258 g/mol. The smallest absolute Gasteiger partial charge is 0.309 e. The van der Waals surface area contributed by atoms with Gasteiger partial charge in [-0.3, -0.25) is 4.79 Å². The molecule has 3 N–H and O–H groups in total. The summed E-state index contributed by atoms with van der Waals surface area (Å²) in [5, 5.41) is 8.73. The average Bonchev–Trinajstić information content (AvgIpc) is 2.36. The highest BCUT2D eigenvalue weighted by Gasteiger charge is 2.06. The van der Waals surface area contributed by atoms with Gasteiger partial charge in [-0.15, -0.1) is 0 Å². The Morgan fingerprint density at radius 1 is 1.26 bits per heavy atom. The normalized spacial score (nSPS) is 10.1. The van der Waals surface area contributed by atoms with Crippen molar-refractivity contribution in [3.63, 3.8) is 0 Å². The number of carboxylic acids is 1. The minimum absolute atomic E-state index is 0.174. The van der Waals surface area contributed by atoms with Gasteiger partial charge in [0.25, 0.3) is 0 Å². The molecule has 0 unspecified atom stereocenters. The Labute approximate surface area is 110 Å². The van der Waals surface area contributed by atoms with Gasteiger partial charge in [-0.25, -0.2) is 4.98 Å². The molecule has 2 aromatic rings. The van der Waals surface area contributed by atoms with Gasteiger partial charge in [-0.05, 0) is 5.56 Å². The van der Waals surface area contributed by atoms with E-state index >= 15 is 0 Å². The lowest BCUT2D eigenvalue weighted by molar-refractivity contribution is -0.136. The van der Waals surface area contributed by atoms with Crippen LogP contribution >= 0.6 is 0 Å². The SMILES string of the molecule is Nc1cc(OCc2ccccc2)cc(CC(=O)O)n1. The van der Waals surface area contributed by atoms with Gasteiger partial charge in [0, 0.05) is 12.1 Å². The first kappa shape index (κ1) is 12.9. The summed E-state index contributed by atoms with van der Waals surface area (Å²) in [6.45, 7) is 0.400. The van der Waals surface area contributed by atoms with Crippen molar-refractivity contribution in [2.24, 2.45) is 0 Å². The molecule has 0 amide bonds. The van der Waals surface area contributed by atoms with E-state index in [0.717, 1.165) is 5.56 Å². The number of aliphatic carboxylic acids is 1. The van der Waals surface area contributed by atoms with Crippen LogP contribution in [0.25, 0.3) is 0 Å². The van der Waals surface area contributed by atoms with Gasteiger partial charge in [0.15, 0.2) is 0 Å². The van der Waals surface area contributed by atoms with Crippen molar-refractivity contribution in [2.75, 3.05) is 5.73 Å². The molecule has 0 aliphatic rings. The van der Waals surface area contributed by atoms with E-state index in [4.69, 9.17) is 15.6 Å². The maximum atomic E-state index is 10.6. The Morgan fingerprint density at radius 3 is 2.68 bits per heavy atom. The molecule has 0 fully saturated rings. The van der Waals surface area contributed by atoms with E-state index < -0.39 is 5.97 Å². The Balaban J connectivity index is 2.07. The van der Waals surface area contributed by atoms with Crippen LogP contribution in [0.4, 0.5) is 5.82 Å². The van der Waals surface area contributed by atoms with Gasteiger partial charge in [-0.2, -0.15) is 0 Å². The molecule has 0 saturated carbocycles. The minimum Gasteiger partial charge on any atom is -0.489 e. The molecule has 5 heteroatoms. The number of nitrogens with two attached hydrogens (primary N) is 1. The standard InChI is InChI=1S/C14H14N2O3/c15-13-8-12(6-11(16-13)7-14(17)18)19-9-10-4-2-1-3-5-10/h1-6,8H,7,9H2,(H2,15,16)(H,17,18). The maximum Gasteiger partial charge on any atom is 0.309 e. The molecule has 1 heterocycles. The summed E-state index contributed by atoms with van der Waals surface area (Å²) in [6, 6.07) is 12.8. The number of hydrogen-bond donors (Lipinski definition) is 2. The van der Waals surface area contributed by atoms with Crippen molar-refractivity contribution in [1.29, 1.82) is 0 Å². The molecule has 2 rings (SSSR count). The molecule has 1 aromatic heterocycles. The number of anilines is 1. The topological polar surface area (TPSA) is 85.4 Å². The van der Waals surface area contributed by atoms with Gasteiger partial charge in [0.1, 0.15) is 18.2 Å². The summed E-state index contributed by atoms with van der Waals surface area (Å²) in [4.78, 5) is 14.6. The predicted molar refractivity (Wildman–Crippen MR) is 70.8 cm³/mol. The summed E-state index contributed by atoms with van der Waals surface area (Å²) >= 11 is 0. The van der Waals surface area contributed by atoms with Crippen LogP contribution in [-0.2, 0) is 17.8 Å². The van der Waals surface area contributed by atoms with Gasteiger partial charge in [-0.1, -0.05) is 30.3 Å². The first-order valence-corrected chi connectivity index (χ1v) is 5.78. The molecule has 0 aliphatic heterocycles. The summed E-state index contributed by atoms with van der Waals surface area (Å²) in [7, 11) is 0. The van der Waals surface area contributed by atoms with Gasteiger partial charge >= 0.3 is 5.97 Å². The van der Waals surface area contributed by atoms with Crippen molar-refractivity contribution in [3.8, 4) is 5.75 Å². The fourth-order valence-corrected chi connectivity index (χ4v) is 1.65. The molecule has 19 heavy (non-hydrogen) atoms. The molecule has 98 valence electrons. The molecule has 1 aromatic carbocycles. The van der Waals surface area contributed by atoms with Crippen LogP contribution in [0, 0.1) is 0 Å². The van der Waals surface area contributed by atoms with Crippen molar-refractivity contribution in [1.82, 2.24) is 4.98 Å². The first-order valence-electron chi connectivity index (χ1n) is 5.78. The fraction of sp³-hybridized carbons (Fsp3) is 0.143. The number of nitrogens with zero attached hydrogens (tertiary/aromatic N) is 1. The number of pyridine rings is 1. The minimum atomic E-state index is -0.952. The largest absolute Gasteiger partial charge is 0.489 e. The van der Waals surface area contributed by atoms with E-state index in [2.05, 4.69) is 4.98 Å². The van der Waals surface area contributed by atoms with E-state index in [1.807, 2.05) is 30.3 Å². The lowest BCUT2D eigenvalue weighted by Gasteiger charge is -2.08. The third-order valence-electron chi connectivity index (χ3n) is 2.45. The van der Waals surface area contributed by atoms with E-state index in [-0.39, 0.29) is 12.2 Å². The number of ether oxygens (including phenoxy) is 1. The van der Waals surface area contributed by atoms with Crippen LogP contribution in [0.1, 0.15) is 11.3 Å². The van der Waals surface area contributed by atoms with E-state index in [0.29, 0.717) is 18.1 Å². The number of aromatic nitrogens is 1. The molecular formula is C14H14N2O3. The highest BCUT2D eigenvalue weighted by molar-refractivity contribution is 5.69. The number of hydrogen-bond acceptors (Lipinski definition) is 4. The van der Waals surface area contributed by atoms with Crippen LogP contribution in [-0.4, -0.2) is 16.1 Å². The van der Waals surface area contributed by atoms with E-state index in [1.54, 1.807) is 12.1 Å². The van der Waals surface area contributed by atoms with E-state index in [1.165, 1.54) is 0 Å². The number of rotatable bonds is 5. The zero-order chi connectivity index (χ0) is 13.7. The Morgan fingerprint density at radius 2 is 2.00 bits per heavy atom. The van der Waals surface area contributed by atoms with Gasteiger partial charge in [0.05, 0.1) is 12.1 Å². The van der Waals surface area contributed by atoms with Crippen LogP contribution in [0.15, 0.2) is 42.5 Å². The summed E-state index contributed by atoms with van der Waals surface area (Å²) in [5.41, 5.74) is 7.03. The number of nitrogen functional groups attached to an aromatic ring is 1.